The normalized spacial score (nSPS) is 20.0. The van der Waals surface area contributed by atoms with Gasteiger partial charge in [0.1, 0.15) is 0 Å². The molecule has 1 saturated carbocycles. The third-order valence-electron chi connectivity index (χ3n) is 7.28. The van der Waals surface area contributed by atoms with Gasteiger partial charge in [0.25, 0.3) is 5.91 Å². The molecule has 0 saturated heterocycles. The van der Waals surface area contributed by atoms with E-state index in [9.17, 15) is 4.79 Å². The van der Waals surface area contributed by atoms with Crippen molar-refractivity contribution in [1.29, 1.82) is 0 Å². The molecular weight excluding hydrogens is 524 g/mol. The Hall–Kier alpha value is -3.38. The number of carbonyl (C=O) groups excluding carboxylic acids is 1. The Morgan fingerprint density at radius 2 is 1.59 bits per heavy atom. The smallest absolute Gasteiger partial charge is 0.274 e. The molecule has 3 aromatic carbocycles. The first-order valence-corrected chi connectivity index (χ1v) is 13.5. The van der Waals surface area contributed by atoms with Crippen LogP contribution in [0.5, 0.6) is 0 Å². The summed E-state index contributed by atoms with van der Waals surface area (Å²) in [7, 11) is 8.18. The van der Waals surface area contributed by atoms with Gasteiger partial charge in [-0.2, -0.15) is 5.10 Å². The van der Waals surface area contributed by atoms with Crippen LogP contribution in [0.25, 0.3) is 6.08 Å². The molecule has 3 aromatic rings. The van der Waals surface area contributed by atoms with Gasteiger partial charge in [-0.25, -0.2) is 5.01 Å². The first kappa shape index (κ1) is 25.3. The molecule has 1 fully saturated rings. The topological polar surface area (TPSA) is 39.1 Å². The SMILES string of the molecule is CN(C)c1ccc(/C=C2/CCCC3C2=NN(C(=O)c2cccc(Br)c2)C3c2ccc(N(C)C)cc2)cc1. The first-order chi connectivity index (χ1) is 17.8. The highest BCUT2D eigenvalue weighted by atomic mass is 79.9. The van der Waals surface area contributed by atoms with Crippen LogP contribution in [0.4, 0.5) is 11.4 Å². The van der Waals surface area contributed by atoms with Crippen molar-refractivity contribution >= 4 is 45.0 Å². The van der Waals surface area contributed by atoms with Crippen LogP contribution in [0.2, 0.25) is 0 Å². The predicted molar refractivity (Wildman–Crippen MR) is 157 cm³/mol. The fraction of sp³-hybridized carbons (Fsp3) is 0.290. The summed E-state index contributed by atoms with van der Waals surface area (Å²) in [6.45, 7) is 0. The number of benzene rings is 3. The summed E-state index contributed by atoms with van der Waals surface area (Å²) in [5, 5.41) is 6.79. The number of hydrazone groups is 1. The molecule has 1 amide bonds. The lowest BCUT2D eigenvalue weighted by Crippen LogP contribution is -2.32. The number of fused-ring (bicyclic) bond motifs is 1. The molecule has 37 heavy (non-hydrogen) atoms. The van der Waals surface area contributed by atoms with Gasteiger partial charge in [0, 0.05) is 55.5 Å². The van der Waals surface area contributed by atoms with E-state index in [1.54, 1.807) is 5.01 Å². The second-order valence-corrected chi connectivity index (χ2v) is 11.1. The van der Waals surface area contributed by atoms with E-state index in [4.69, 9.17) is 5.10 Å². The number of hydrogen-bond donors (Lipinski definition) is 0. The minimum Gasteiger partial charge on any atom is -0.378 e. The monoisotopic (exact) mass is 556 g/mol. The van der Waals surface area contributed by atoms with Crippen molar-refractivity contribution < 1.29 is 4.79 Å². The number of nitrogens with zero attached hydrogens (tertiary/aromatic N) is 4. The van der Waals surface area contributed by atoms with Gasteiger partial charge < -0.3 is 9.80 Å². The van der Waals surface area contributed by atoms with Gasteiger partial charge in [0.05, 0.1) is 11.8 Å². The number of carbonyl (C=O) groups is 1. The van der Waals surface area contributed by atoms with Crippen molar-refractivity contribution in [2.45, 2.75) is 25.3 Å². The Morgan fingerprint density at radius 3 is 2.22 bits per heavy atom. The van der Waals surface area contributed by atoms with E-state index in [-0.39, 0.29) is 17.9 Å². The number of rotatable bonds is 5. The molecule has 0 radical (unpaired) electrons. The Balaban J connectivity index is 1.55. The average molecular weight is 558 g/mol. The second-order valence-electron chi connectivity index (χ2n) is 10.2. The first-order valence-electron chi connectivity index (χ1n) is 12.7. The molecule has 0 N–H and O–H groups in total. The zero-order valence-electron chi connectivity index (χ0n) is 21.9. The summed E-state index contributed by atoms with van der Waals surface area (Å²) in [5.74, 6) is 0.0990. The summed E-state index contributed by atoms with van der Waals surface area (Å²) in [4.78, 5) is 18.0. The Bertz CT molecular complexity index is 1340. The van der Waals surface area contributed by atoms with Crippen molar-refractivity contribution in [3.63, 3.8) is 0 Å². The van der Waals surface area contributed by atoms with E-state index >= 15 is 0 Å². The molecule has 5 nitrogen and oxygen atoms in total. The summed E-state index contributed by atoms with van der Waals surface area (Å²) in [5.41, 5.74) is 7.51. The van der Waals surface area contributed by atoms with Crippen LogP contribution in [0.1, 0.15) is 46.8 Å². The van der Waals surface area contributed by atoms with Crippen LogP contribution < -0.4 is 9.80 Å². The molecule has 0 bridgehead atoms. The molecule has 2 atom stereocenters. The minimum atomic E-state index is -0.127. The molecule has 1 aliphatic carbocycles. The van der Waals surface area contributed by atoms with E-state index in [2.05, 4.69) is 94.4 Å². The van der Waals surface area contributed by atoms with Crippen LogP contribution in [0.15, 0.2) is 87.9 Å². The van der Waals surface area contributed by atoms with Crippen molar-refractivity contribution in [1.82, 2.24) is 5.01 Å². The molecule has 5 rings (SSSR count). The fourth-order valence-electron chi connectivity index (χ4n) is 5.29. The van der Waals surface area contributed by atoms with Crippen molar-refractivity contribution in [2.24, 2.45) is 11.0 Å². The lowest BCUT2D eigenvalue weighted by Gasteiger charge is -2.30. The molecule has 0 spiro atoms. The van der Waals surface area contributed by atoms with E-state index < -0.39 is 0 Å². The number of amides is 1. The number of allylic oxidation sites excluding steroid dienone is 1. The maximum Gasteiger partial charge on any atom is 0.274 e. The van der Waals surface area contributed by atoms with Gasteiger partial charge in [-0.05, 0) is 84.5 Å². The van der Waals surface area contributed by atoms with Gasteiger partial charge in [0.2, 0.25) is 0 Å². The Labute approximate surface area is 228 Å². The van der Waals surface area contributed by atoms with Crippen LogP contribution in [-0.4, -0.2) is 44.8 Å². The lowest BCUT2D eigenvalue weighted by atomic mass is 9.77. The standard InChI is InChI=1S/C31H33BrN4O/c1-34(2)26-15-11-21(12-16-26)19-23-7-6-10-28-29(23)33-36(31(37)24-8-5-9-25(32)20-24)30(28)22-13-17-27(18-14-22)35(3)4/h5,8-9,11-20,28,30H,6-7,10H2,1-4H3/b23-19-. The third-order valence-corrected chi connectivity index (χ3v) is 7.78. The third kappa shape index (κ3) is 5.21. The van der Waals surface area contributed by atoms with Crippen LogP contribution in [-0.2, 0) is 0 Å². The fourth-order valence-corrected chi connectivity index (χ4v) is 5.69. The maximum atomic E-state index is 13.8. The molecule has 0 aromatic heterocycles. The molecule has 6 heteroatoms. The quantitative estimate of drug-likeness (QED) is 0.339. The van der Waals surface area contributed by atoms with Crippen LogP contribution in [0.3, 0.4) is 0 Å². The summed E-state index contributed by atoms with van der Waals surface area (Å²) >= 11 is 3.52. The Morgan fingerprint density at radius 1 is 0.946 bits per heavy atom. The Kier molecular flexibility index (Phi) is 7.20. The second kappa shape index (κ2) is 10.5. The van der Waals surface area contributed by atoms with Gasteiger partial charge in [-0.15, -0.1) is 0 Å². The zero-order valence-corrected chi connectivity index (χ0v) is 23.4. The molecule has 2 unspecified atom stereocenters. The number of hydrogen-bond acceptors (Lipinski definition) is 4. The van der Waals surface area contributed by atoms with Crippen molar-refractivity contribution in [3.8, 4) is 0 Å². The average Bonchev–Trinajstić information content (AvgIpc) is 3.29. The van der Waals surface area contributed by atoms with E-state index in [0.717, 1.165) is 46.3 Å². The van der Waals surface area contributed by atoms with E-state index in [0.29, 0.717) is 5.56 Å². The minimum absolute atomic E-state index is 0.0698. The van der Waals surface area contributed by atoms with Gasteiger partial charge in [-0.3, -0.25) is 4.79 Å². The maximum absolute atomic E-state index is 13.8. The van der Waals surface area contributed by atoms with E-state index in [1.807, 2.05) is 38.4 Å². The number of anilines is 2. The largest absolute Gasteiger partial charge is 0.378 e. The highest BCUT2D eigenvalue weighted by Crippen LogP contribution is 2.45. The van der Waals surface area contributed by atoms with Crippen molar-refractivity contribution in [2.75, 3.05) is 38.0 Å². The van der Waals surface area contributed by atoms with E-state index in [1.165, 1.54) is 11.3 Å². The summed E-state index contributed by atoms with van der Waals surface area (Å²) in [6, 6.07) is 24.6. The number of halogens is 1. The van der Waals surface area contributed by atoms with Gasteiger partial charge in [0.15, 0.2) is 0 Å². The molecule has 190 valence electrons. The van der Waals surface area contributed by atoms with Gasteiger partial charge in [-0.1, -0.05) is 46.3 Å². The zero-order chi connectivity index (χ0) is 26.1. The predicted octanol–water partition coefficient (Wildman–Crippen LogP) is 7.02. The summed E-state index contributed by atoms with van der Waals surface area (Å²) < 4.78 is 0.885. The summed E-state index contributed by atoms with van der Waals surface area (Å²) in [6.07, 6.45) is 5.31. The molecule has 2 aliphatic rings. The lowest BCUT2D eigenvalue weighted by molar-refractivity contribution is 0.0681. The molecule has 1 heterocycles. The molecule has 1 aliphatic heterocycles. The van der Waals surface area contributed by atoms with Crippen LogP contribution in [0, 0.1) is 5.92 Å². The van der Waals surface area contributed by atoms with Crippen molar-refractivity contribution in [3.05, 3.63) is 99.5 Å². The van der Waals surface area contributed by atoms with Crippen LogP contribution >= 0.6 is 15.9 Å². The van der Waals surface area contributed by atoms with Gasteiger partial charge >= 0.3 is 0 Å². The highest BCUT2D eigenvalue weighted by Gasteiger charge is 2.44. The highest BCUT2D eigenvalue weighted by molar-refractivity contribution is 9.10. The molecular formula is C31H33BrN4O.